The van der Waals surface area contributed by atoms with Gasteiger partial charge >= 0.3 is 6.03 Å². The molecule has 1 unspecified atom stereocenters. The van der Waals surface area contributed by atoms with E-state index >= 15 is 0 Å². The highest BCUT2D eigenvalue weighted by molar-refractivity contribution is 6.30. The van der Waals surface area contributed by atoms with E-state index in [1.54, 1.807) is 17.0 Å². The average molecular weight is 283 g/mol. The topological polar surface area (TPSA) is 49.4 Å². The second kappa shape index (κ2) is 7.79. The van der Waals surface area contributed by atoms with E-state index in [9.17, 15) is 9.59 Å². The number of nitrogens with zero attached hydrogens (tertiary/aromatic N) is 1. The van der Waals surface area contributed by atoms with Crippen molar-refractivity contribution in [3.8, 4) is 0 Å². The number of nitrogens with one attached hydrogen (secondary N) is 1. The Labute approximate surface area is 118 Å². The first-order chi connectivity index (χ1) is 9.10. The first-order valence-electron chi connectivity index (χ1n) is 6.35. The lowest BCUT2D eigenvalue weighted by Gasteiger charge is -2.22. The highest BCUT2D eigenvalue weighted by Crippen LogP contribution is 2.10. The number of hydrogen-bond donors (Lipinski definition) is 1. The zero-order valence-electron chi connectivity index (χ0n) is 11.2. The molecule has 2 amide bonds. The van der Waals surface area contributed by atoms with Gasteiger partial charge in [-0.3, -0.25) is 0 Å². The Hall–Kier alpha value is -1.55. The van der Waals surface area contributed by atoms with Crippen molar-refractivity contribution in [3.63, 3.8) is 0 Å². The van der Waals surface area contributed by atoms with E-state index in [1.165, 1.54) is 0 Å². The number of carbonyl (C=O) groups is 2. The van der Waals surface area contributed by atoms with E-state index in [0.29, 0.717) is 24.5 Å². The molecular weight excluding hydrogens is 264 g/mol. The van der Waals surface area contributed by atoms with E-state index in [0.717, 1.165) is 11.8 Å². The van der Waals surface area contributed by atoms with Crippen molar-refractivity contribution in [1.29, 1.82) is 0 Å². The van der Waals surface area contributed by atoms with E-state index in [2.05, 4.69) is 5.32 Å². The molecule has 0 bridgehead atoms. The molecule has 0 spiro atoms. The summed E-state index contributed by atoms with van der Waals surface area (Å²) >= 11 is 5.80. The molecule has 0 fully saturated rings. The van der Waals surface area contributed by atoms with Crippen LogP contribution in [0, 0.1) is 0 Å². The Kier molecular flexibility index (Phi) is 6.36. The van der Waals surface area contributed by atoms with Crippen LogP contribution in [-0.4, -0.2) is 36.3 Å². The van der Waals surface area contributed by atoms with Crippen molar-refractivity contribution in [3.05, 3.63) is 34.9 Å². The van der Waals surface area contributed by atoms with Crippen molar-refractivity contribution in [2.24, 2.45) is 0 Å². The summed E-state index contributed by atoms with van der Waals surface area (Å²) in [4.78, 5) is 24.5. The molecule has 1 atom stereocenters. The van der Waals surface area contributed by atoms with Gasteiger partial charge in [0, 0.05) is 18.1 Å². The summed E-state index contributed by atoms with van der Waals surface area (Å²) in [6.07, 6.45) is 1.23. The van der Waals surface area contributed by atoms with Gasteiger partial charge in [0.1, 0.15) is 6.29 Å². The predicted octanol–water partition coefficient (Wildman–Crippen LogP) is 2.50. The van der Waals surface area contributed by atoms with Gasteiger partial charge in [-0.05, 0) is 38.0 Å². The Balaban J connectivity index is 2.61. The molecule has 1 aromatic rings. The van der Waals surface area contributed by atoms with Crippen molar-refractivity contribution in [1.82, 2.24) is 10.2 Å². The maximum absolute atomic E-state index is 11.9. The summed E-state index contributed by atoms with van der Waals surface area (Å²) in [5, 5.41) is 3.37. The fourth-order valence-corrected chi connectivity index (χ4v) is 1.89. The van der Waals surface area contributed by atoms with Gasteiger partial charge in [-0.1, -0.05) is 23.7 Å². The minimum Gasteiger partial charge on any atom is -0.328 e. The molecule has 0 aromatic heterocycles. The SMILES string of the molecule is CCN(CC)C(=O)NC(C=O)Cc1ccc(Cl)cc1. The van der Waals surface area contributed by atoms with Gasteiger partial charge in [0.15, 0.2) is 0 Å². The van der Waals surface area contributed by atoms with Crippen LogP contribution in [0.4, 0.5) is 4.79 Å². The highest BCUT2D eigenvalue weighted by Gasteiger charge is 2.15. The van der Waals surface area contributed by atoms with Crippen molar-refractivity contribution >= 4 is 23.9 Å². The lowest BCUT2D eigenvalue weighted by atomic mass is 10.1. The van der Waals surface area contributed by atoms with Crippen LogP contribution in [0.15, 0.2) is 24.3 Å². The van der Waals surface area contributed by atoms with Crippen LogP contribution in [0.25, 0.3) is 0 Å². The maximum atomic E-state index is 11.9. The van der Waals surface area contributed by atoms with Gasteiger partial charge < -0.3 is 15.0 Å². The van der Waals surface area contributed by atoms with Crippen LogP contribution < -0.4 is 5.32 Å². The Bertz CT molecular complexity index is 416. The zero-order chi connectivity index (χ0) is 14.3. The smallest absolute Gasteiger partial charge is 0.317 e. The third-order valence-electron chi connectivity index (χ3n) is 2.89. The molecule has 4 nitrogen and oxygen atoms in total. The molecule has 0 aliphatic rings. The van der Waals surface area contributed by atoms with Gasteiger partial charge in [-0.25, -0.2) is 4.79 Å². The molecule has 0 aliphatic carbocycles. The molecule has 1 rings (SSSR count). The molecule has 0 saturated carbocycles. The van der Waals surface area contributed by atoms with Crippen LogP contribution in [0.2, 0.25) is 5.02 Å². The van der Waals surface area contributed by atoms with Gasteiger partial charge in [0.25, 0.3) is 0 Å². The first-order valence-corrected chi connectivity index (χ1v) is 6.73. The molecule has 0 aliphatic heterocycles. The Morgan fingerprint density at radius 1 is 1.32 bits per heavy atom. The average Bonchev–Trinajstić information content (AvgIpc) is 2.41. The molecule has 5 heteroatoms. The molecule has 104 valence electrons. The van der Waals surface area contributed by atoms with Gasteiger partial charge in [-0.2, -0.15) is 0 Å². The third kappa shape index (κ3) is 4.91. The van der Waals surface area contributed by atoms with E-state index in [1.807, 2.05) is 26.0 Å². The number of carbonyl (C=O) groups excluding carboxylic acids is 2. The molecule has 1 N–H and O–H groups in total. The van der Waals surface area contributed by atoms with Gasteiger partial charge in [0.05, 0.1) is 6.04 Å². The second-order valence-electron chi connectivity index (χ2n) is 4.19. The number of halogens is 1. The fourth-order valence-electron chi connectivity index (χ4n) is 1.77. The normalized spacial score (nSPS) is 11.7. The number of urea groups is 1. The van der Waals surface area contributed by atoms with E-state index in [4.69, 9.17) is 11.6 Å². The Morgan fingerprint density at radius 2 is 1.89 bits per heavy atom. The Morgan fingerprint density at radius 3 is 2.37 bits per heavy atom. The quantitative estimate of drug-likeness (QED) is 0.815. The molecule has 19 heavy (non-hydrogen) atoms. The number of hydrogen-bond acceptors (Lipinski definition) is 2. The van der Waals surface area contributed by atoms with Crippen LogP contribution >= 0.6 is 11.6 Å². The third-order valence-corrected chi connectivity index (χ3v) is 3.14. The molecule has 0 radical (unpaired) electrons. The fraction of sp³-hybridized carbons (Fsp3) is 0.429. The van der Waals surface area contributed by atoms with Crippen LogP contribution in [0.5, 0.6) is 0 Å². The van der Waals surface area contributed by atoms with Crippen molar-refractivity contribution in [2.75, 3.05) is 13.1 Å². The first kappa shape index (κ1) is 15.5. The number of rotatable bonds is 6. The predicted molar refractivity (Wildman–Crippen MR) is 76.5 cm³/mol. The van der Waals surface area contributed by atoms with Crippen LogP contribution in [-0.2, 0) is 11.2 Å². The number of amides is 2. The minimum atomic E-state index is -0.519. The largest absolute Gasteiger partial charge is 0.328 e. The summed E-state index contributed by atoms with van der Waals surface area (Å²) in [5.74, 6) is 0. The summed E-state index contributed by atoms with van der Waals surface area (Å²) in [7, 11) is 0. The van der Waals surface area contributed by atoms with E-state index < -0.39 is 6.04 Å². The van der Waals surface area contributed by atoms with Crippen LogP contribution in [0.1, 0.15) is 19.4 Å². The second-order valence-corrected chi connectivity index (χ2v) is 4.63. The number of benzene rings is 1. The molecule has 0 heterocycles. The van der Waals surface area contributed by atoms with Crippen molar-refractivity contribution < 1.29 is 9.59 Å². The molecule has 0 saturated heterocycles. The lowest BCUT2D eigenvalue weighted by molar-refractivity contribution is -0.109. The number of aldehydes is 1. The minimum absolute atomic E-state index is 0.212. The van der Waals surface area contributed by atoms with Gasteiger partial charge in [0.2, 0.25) is 0 Å². The molecule has 1 aromatic carbocycles. The zero-order valence-corrected chi connectivity index (χ0v) is 12.0. The highest BCUT2D eigenvalue weighted by atomic mass is 35.5. The van der Waals surface area contributed by atoms with Crippen molar-refractivity contribution in [2.45, 2.75) is 26.3 Å². The van der Waals surface area contributed by atoms with Gasteiger partial charge in [-0.15, -0.1) is 0 Å². The summed E-state index contributed by atoms with van der Waals surface area (Å²) < 4.78 is 0. The summed E-state index contributed by atoms with van der Waals surface area (Å²) in [5.41, 5.74) is 0.960. The summed E-state index contributed by atoms with van der Waals surface area (Å²) in [6.45, 7) is 5.04. The monoisotopic (exact) mass is 282 g/mol. The van der Waals surface area contributed by atoms with E-state index in [-0.39, 0.29) is 6.03 Å². The van der Waals surface area contributed by atoms with Crippen LogP contribution in [0.3, 0.4) is 0 Å². The lowest BCUT2D eigenvalue weighted by Crippen LogP contribution is -2.46. The maximum Gasteiger partial charge on any atom is 0.317 e. The molecular formula is C14H19ClN2O2. The standard InChI is InChI=1S/C14H19ClN2O2/c1-3-17(4-2)14(19)16-13(10-18)9-11-5-7-12(15)8-6-11/h5-8,10,13H,3-4,9H2,1-2H3,(H,16,19). The summed E-state index contributed by atoms with van der Waals surface area (Å²) in [6, 6.07) is 6.51.